The first-order valence-electron chi connectivity index (χ1n) is 8.40. The molecule has 1 aromatic carbocycles. The fourth-order valence-corrected chi connectivity index (χ4v) is 3.20. The predicted molar refractivity (Wildman–Crippen MR) is 99.6 cm³/mol. The van der Waals surface area contributed by atoms with Gasteiger partial charge in [-0.15, -0.1) is 0 Å². The number of ether oxygens (including phenoxy) is 2. The van der Waals surface area contributed by atoms with Crippen molar-refractivity contribution in [3.05, 3.63) is 33.6 Å². The van der Waals surface area contributed by atoms with Gasteiger partial charge in [-0.3, -0.25) is 10.1 Å². The average molecular weight is 440 g/mol. The maximum Gasteiger partial charge on any atom is 0.379 e. The molecule has 0 fully saturated rings. The van der Waals surface area contributed by atoms with Gasteiger partial charge in [-0.05, 0) is 34.6 Å². The molecule has 1 rings (SSSR count). The summed E-state index contributed by atoms with van der Waals surface area (Å²) in [4.78, 5) is 22.3. The van der Waals surface area contributed by atoms with Crippen LogP contribution in [-0.4, -0.2) is 39.5 Å². The predicted octanol–water partition coefficient (Wildman–Crippen LogP) is 3.21. The van der Waals surface area contributed by atoms with Crippen molar-refractivity contribution in [2.45, 2.75) is 50.8 Å². The van der Waals surface area contributed by atoms with Gasteiger partial charge >= 0.3 is 17.6 Å². The van der Waals surface area contributed by atoms with E-state index >= 15 is 8.78 Å². The van der Waals surface area contributed by atoms with Crippen LogP contribution in [0.15, 0.2) is 12.1 Å². The van der Waals surface area contributed by atoms with E-state index in [4.69, 9.17) is 4.74 Å². The van der Waals surface area contributed by atoms with E-state index in [2.05, 4.69) is 9.46 Å². The van der Waals surface area contributed by atoms with Crippen molar-refractivity contribution >= 4 is 22.6 Å². The standard InChI is InChI=1S/C17H23F3N2O6S/c1-7-28-14(23)17(19,20)16(5,21-29(26)15(2,3)4)10-8-12(22(24)25)13(27-6)9-11(10)18/h8-9,21H,7H2,1-6H3/t16-,29-/m1/s1. The van der Waals surface area contributed by atoms with Crippen LogP contribution in [0.4, 0.5) is 18.9 Å². The summed E-state index contributed by atoms with van der Waals surface area (Å²) in [6.45, 7) is 6.02. The van der Waals surface area contributed by atoms with Crippen LogP contribution < -0.4 is 9.46 Å². The second-order valence-corrected chi connectivity index (χ2v) is 9.13. The summed E-state index contributed by atoms with van der Waals surface area (Å²) < 4.78 is 67.8. The van der Waals surface area contributed by atoms with E-state index in [0.717, 1.165) is 14.0 Å². The number of methoxy groups -OCH3 is 1. The number of nitrogens with zero attached hydrogens (tertiary/aromatic N) is 1. The summed E-state index contributed by atoms with van der Waals surface area (Å²) in [5.41, 5.74) is -4.70. The third-order valence-electron chi connectivity index (χ3n) is 4.02. The molecular formula is C17H23F3N2O6S. The number of carbonyl (C=O) groups is 1. The Bertz CT molecular complexity index is 828. The van der Waals surface area contributed by atoms with Gasteiger partial charge in [0.25, 0.3) is 0 Å². The van der Waals surface area contributed by atoms with Crippen LogP contribution in [-0.2, 0) is 26.1 Å². The van der Waals surface area contributed by atoms with Crippen LogP contribution in [0.1, 0.15) is 40.2 Å². The molecule has 0 saturated heterocycles. The summed E-state index contributed by atoms with van der Waals surface area (Å²) in [6.07, 6.45) is 0. The molecule has 0 spiro atoms. The minimum Gasteiger partial charge on any atom is -0.490 e. The van der Waals surface area contributed by atoms with Gasteiger partial charge in [-0.1, -0.05) is 0 Å². The van der Waals surface area contributed by atoms with E-state index < -0.39 is 67.5 Å². The highest BCUT2D eigenvalue weighted by atomic mass is 32.2. The highest BCUT2D eigenvalue weighted by Crippen LogP contribution is 2.43. The van der Waals surface area contributed by atoms with Gasteiger partial charge in [-0.25, -0.2) is 18.1 Å². The van der Waals surface area contributed by atoms with Gasteiger partial charge in [0.2, 0.25) is 0 Å². The summed E-state index contributed by atoms with van der Waals surface area (Å²) in [6, 6.07) is 1.07. The van der Waals surface area contributed by atoms with Crippen molar-refractivity contribution in [3.8, 4) is 5.75 Å². The van der Waals surface area contributed by atoms with Crippen LogP contribution in [0.3, 0.4) is 0 Å². The quantitative estimate of drug-likeness (QED) is 0.378. The number of hydrogen-bond acceptors (Lipinski definition) is 6. The van der Waals surface area contributed by atoms with Crippen LogP contribution >= 0.6 is 0 Å². The Morgan fingerprint density at radius 1 is 1.28 bits per heavy atom. The van der Waals surface area contributed by atoms with Crippen LogP contribution in [0.25, 0.3) is 0 Å². The number of rotatable bonds is 8. The normalized spacial score (nSPS) is 15.3. The lowest BCUT2D eigenvalue weighted by Gasteiger charge is -2.38. The van der Waals surface area contributed by atoms with Crippen molar-refractivity contribution in [1.29, 1.82) is 0 Å². The Hall–Kier alpha value is -2.21. The summed E-state index contributed by atoms with van der Waals surface area (Å²) >= 11 is 0. The molecule has 0 aliphatic carbocycles. The first-order valence-corrected chi connectivity index (χ1v) is 9.55. The Balaban J connectivity index is 3.82. The van der Waals surface area contributed by atoms with Crippen molar-refractivity contribution in [2.24, 2.45) is 0 Å². The zero-order valence-corrected chi connectivity index (χ0v) is 17.6. The zero-order chi connectivity index (χ0) is 22.8. The molecule has 0 bridgehead atoms. The molecule has 29 heavy (non-hydrogen) atoms. The highest BCUT2D eigenvalue weighted by Gasteiger charge is 2.61. The maximum atomic E-state index is 15.1. The maximum absolute atomic E-state index is 15.1. The molecular weight excluding hydrogens is 417 g/mol. The molecule has 0 saturated carbocycles. The molecule has 0 amide bonds. The lowest BCUT2D eigenvalue weighted by molar-refractivity contribution is -0.385. The van der Waals surface area contributed by atoms with Gasteiger partial charge in [0.1, 0.15) is 11.4 Å². The van der Waals surface area contributed by atoms with Crippen LogP contribution in [0.2, 0.25) is 0 Å². The second-order valence-electron chi connectivity index (χ2n) is 7.16. The van der Waals surface area contributed by atoms with Crippen molar-refractivity contribution in [1.82, 2.24) is 4.72 Å². The Labute approximate surface area is 168 Å². The van der Waals surface area contributed by atoms with Gasteiger partial charge in [0.05, 0.1) is 34.4 Å². The Kier molecular flexibility index (Phi) is 7.41. The molecule has 8 nitrogen and oxygen atoms in total. The number of nitro benzene ring substituents is 1. The summed E-state index contributed by atoms with van der Waals surface area (Å²) in [7, 11) is -1.17. The highest BCUT2D eigenvalue weighted by molar-refractivity contribution is 7.84. The van der Waals surface area contributed by atoms with E-state index in [-0.39, 0.29) is 0 Å². The second kappa shape index (κ2) is 8.66. The lowest BCUT2D eigenvalue weighted by atomic mass is 9.85. The molecule has 0 radical (unpaired) electrons. The van der Waals surface area contributed by atoms with Crippen molar-refractivity contribution in [2.75, 3.05) is 13.7 Å². The first kappa shape index (κ1) is 24.8. The van der Waals surface area contributed by atoms with Gasteiger partial charge in [-0.2, -0.15) is 8.78 Å². The minimum absolute atomic E-state index is 0.391. The molecule has 0 unspecified atom stereocenters. The topological polar surface area (TPSA) is 108 Å². The molecule has 1 N–H and O–H groups in total. The average Bonchev–Trinajstić information content (AvgIpc) is 2.59. The van der Waals surface area contributed by atoms with Gasteiger partial charge in [0.15, 0.2) is 5.75 Å². The SMILES string of the molecule is CCOC(=O)C(F)(F)[C@](C)(N[S@](=O)C(C)(C)C)c1cc([N+](=O)[O-])c(OC)cc1F. The summed E-state index contributed by atoms with van der Waals surface area (Å²) in [5, 5.41) is 11.3. The number of hydrogen-bond donors (Lipinski definition) is 1. The van der Waals surface area contributed by atoms with E-state index in [0.29, 0.717) is 12.1 Å². The number of carbonyl (C=O) groups excluding carboxylic acids is 1. The van der Waals surface area contributed by atoms with Crippen LogP contribution in [0.5, 0.6) is 5.75 Å². The minimum atomic E-state index is -4.44. The molecule has 0 aromatic heterocycles. The van der Waals surface area contributed by atoms with Crippen molar-refractivity contribution in [3.63, 3.8) is 0 Å². The third kappa shape index (κ3) is 4.86. The molecule has 12 heteroatoms. The number of alkyl halides is 2. The molecule has 1 aromatic rings. The summed E-state index contributed by atoms with van der Waals surface area (Å²) in [5.74, 6) is -8.26. The zero-order valence-electron chi connectivity index (χ0n) is 16.8. The van der Waals surface area contributed by atoms with E-state index in [1.54, 1.807) is 0 Å². The first-order chi connectivity index (χ1) is 13.1. The Morgan fingerprint density at radius 2 is 1.83 bits per heavy atom. The molecule has 2 atom stereocenters. The number of benzene rings is 1. The van der Waals surface area contributed by atoms with Gasteiger partial charge < -0.3 is 9.47 Å². The fraction of sp³-hybridized carbons (Fsp3) is 0.588. The molecule has 0 heterocycles. The number of esters is 1. The van der Waals surface area contributed by atoms with E-state index in [9.17, 15) is 23.5 Å². The third-order valence-corrected chi connectivity index (χ3v) is 5.72. The van der Waals surface area contributed by atoms with E-state index in [1.807, 2.05) is 0 Å². The monoisotopic (exact) mass is 440 g/mol. The largest absolute Gasteiger partial charge is 0.490 e. The van der Waals surface area contributed by atoms with Crippen molar-refractivity contribution < 1.29 is 36.6 Å². The number of halogens is 3. The smallest absolute Gasteiger partial charge is 0.379 e. The molecule has 0 aliphatic heterocycles. The number of nitro groups is 1. The lowest BCUT2D eigenvalue weighted by Crippen LogP contribution is -2.60. The molecule has 0 aliphatic rings. The van der Waals surface area contributed by atoms with Gasteiger partial charge in [0, 0.05) is 17.7 Å². The number of nitrogens with one attached hydrogen (secondary N) is 1. The fourth-order valence-electron chi connectivity index (χ4n) is 2.29. The Morgan fingerprint density at radius 3 is 2.24 bits per heavy atom. The van der Waals surface area contributed by atoms with Crippen LogP contribution in [0, 0.1) is 15.9 Å². The van der Waals surface area contributed by atoms with E-state index in [1.165, 1.54) is 27.7 Å². The molecule has 164 valence electrons.